The minimum atomic E-state index is -4.72. The van der Waals surface area contributed by atoms with Gasteiger partial charge in [-0.1, -0.05) is 13.3 Å². The quantitative estimate of drug-likeness (QED) is 0.706. The first-order valence-corrected chi connectivity index (χ1v) is 8.46. The number of carbonyl (C=O) groups excluding carboxylic acids is 1. The van der Waals surface area contributed by atoms with Gasteiger partial charge in [-0.05, 0) is 30.7 Å². The van der Waals surface area contributed by atoms with Crippen LogP contribution < -0.4 is 15.7 Å². The molecule has 1 amide bonds. The molecule has 0 saturated carbocycles. The molecule has 7 nitrogen and oxygen atoms in total. The van der Waals surface area contributed by atoms with Gasteiger partial charge >= 0.3 is 11.9 Å². The molecule has 2 aromatic rings. The van der Waals surface area contributed by atoms with E-state index in [-0.39, 0.29) is 13.1 Å². The molecular weight excluding hydrogens is 365 g/mol. The summed E-state index contributed by atoms with van der Waals surface area (Å²) in [6, 6.07) is 6.52. The van der Waals surface area contributed by atoms with Gasteiger partial charge in [-0.25, -0.2) is 9.48 Å². The van der Waals surface area contributed by atoms with E-state index in [1.165, 1.54) is 0 Å². The number of halogens is 3. The number of nitrogens with one attached hydrogen (secondary N) is 1. The number of benzene rings is 1. The molecule has 0 bridgehead atoms. The van der Waals surface area contributed by atoms with Crippen molar-refractivity contribution in [1.82, 2.24) is 19.7 Å². The summed E-state index contributed by atoms with van der Waals surface area (Å²) >= 11 is 0. The number of rotatable bonds is 8. The van der Waals surface area contributed by atoms with Crippen LogP contribution in [0.25, 0.3) is 0 Å². The molecule has 1 aromatic heterocycles. The van der Waals surface area contributed by atoms with E-state index in [4.69, 9.17) is 4.74 Å². The first kappa shape index (κ1) is 20.5. The van der Waals surface area contributed by atoms with E-state index in [1.807, 2.05) is 0 Å². The molecule has 0 aliphatic rings. The molecule has 0 radical (unpaired) electrons. The van der Waals surface area contributed by atoms with Crippen molar-refractivity contribution in [1.29, 1.82) is 0 Å². The van der Waals surface area contributed by atoms with Gasteiger partial charge in [-0.15, -0.1) is 5.10 Å². The fraction of sp³-hybridized carbons (Fsp3) is 0.471. The van der Waals surface area contributed by atoms with Crippen LogP contribution in [0.4, 0.5) is 13.2 Å². The highest BCUT2D eigenvalue weighted by Crippen LogP contribution is 2.25. The summed E-state index contributed by atoms with van der Waals surface area (Å²) < 4.78 is 44.8. The van der Waals surface area contributed by atoms with Crippen molar-refractivity contribution < 1.29 is 22.7 Å². The Kier molecular flexibility index (Phi) is 6.65. The molecule has 0 spiro atoms. The minimum absolute atomic E-state index is 0.0399. The predicted molar refractivity (Wildman–Crippen MR) is 91.6 cm³/mol. The van der Waals surface area contributed by atoms with Crippen LogP contribution in [0.2, 0.25) is 0 Å². The van der Waals surface area contributed by atoms with Crippen LogP contribution in [0.15, 0.2) is 29.1 Å². The highest BCUT2D eigenvalue weighted by molar-refractivity contribution is 5.94. The lowest BCUT2D eigenvalue weighted by Crippen LogP contribution is -2.31. The molecule has 0 unspecified atom stereocenters. The molecule has 148 valence electrons. The third-order valence-electron chi connectivity index (χ3n) is 3.79. The Labute approximate surface area is 153 Å². The molecule has 0 aliphatic carbocycles. The summed E-state index contributed by atoms with van der Waals surface area (Å²) in [4.78, 5) is 23.8. The van der Waals surface area contributed by atoms with Gasteiger partial charge < -0.3 is 10.1 Å². The van der Waals surface area contributed by atoms with Crippen molar-refractivity contribution in [3.8, 4) is 5.75 Å². The van der Waals surface area contributed by atoms with Crippen LogP contribution in [-0.2, 0) is 19.8 Å². The fourth-order valence-corrected chi connectivity index (χ4v) is 2.29. The van der Waals surface area contributed by atoms with Gasteiger partial charge in [-0.3, -0.25) is 9.36 Å². The Morgan fingerprint density at radius 2 is 1.93 bits per heavy atom. The van der Waals surface area contributed by atoms with Crippen LogP contribution >= 0.6 is 0 Å². The molecule has 0 saturated heterocycles. The van der Waals surface area contributed by atoms with Crippen molar-refractivity contribution >= 4 is 5.91 Å². The van der Waals surface area contributed by atoms with Crippen molar-refractivity contribution in [3.63, 3.8) is 0 Å². The van der Waals surface area contributed by atoms with Gasteiger partial charge in [0.15, 0.2) is 0 Å². The lowest BCUT2D eigenvalue weighted by atomic mass is 10.2. The number of ether oxygens (including phenoxy) is 1. The van der Waals surface area contributed by atoms with Gasteiger partial charge in [0.25, 0.3) is 5.91 Å². The summed E-state index contributed by atoms with van der Waals surface area (Å²) in [5.74, 6) is -1.03. The van der Waals surface area contributed by atoms with Gasteiger partial charge in [0.1, 0.15) is 5.75 Å². The molecule has 0 aliphatic heterocycles. The average molecular weight is 386 g/mol. The van der Waals surface area contributed by atoms with E-state index in [9.17, 15) is 22.8 Å². The maximum atomic E-state index is 12.7. The maximum Gasteiger partial charge on any atom is 0.451 e. The Balaban J connectivity index is 1.90. The van der Waals surface area contributed by atoms with Crippen molar-refractivity contribution in [2.75, 3.05) is 13.2 Å². The molecule has 2 rings (SSSR count). The zero-order valence-electron chi connectivity index (χ0n) is 15.0. The summed E-state index contributed by atoms with van der Waals surface area (Å²) in [7, 11) is 0.997. The van der Waals surface area contributed by atoms with Crippen LogP contribution in [0.1, 0.15) is 35.9 Å². The maximum absolute atomic E-state index is 12.7. The van der Waals surface area contributed by atoms with Crippen molar-refractivity contribution in [2.45, 2.75) is 32.5 Å². The number of aromatic nitrogens is 3. The molecule has 1 aromatic carbocycles. The van der Waals surface area contributed by atoms with Gasteiger partial charge in [0.05, 0.1) is 13.2 Å². The fourth-order valence-electron chi connectivity index (χ4n) is 2.29. The average Bonchev–Trinajstić information content (AvgIpc) is 2.91. The van der Waals surface area contributed by atoms with E-state index in [2.05, 4.69) is 17.3 Å². The van der Waals surface area contributed by atoms with E-state index < -0.39 is 23.6 Å². The van der Waals surface area contributed by atoms with E-state index in [1.54, 1.807) is 24.3 Å². The van der Waals surface area contributed by atoms with Gasteiger partial charge in [-0.2, -0.15) is 13.2 Å². The first-order valence-electron chi connectivity index (χ1n) is 8.46. The molecule has 1 heterocycles. The largest absolute Gasteiger partial charge is 0.494 e. The molecular formula is C17H21F3N4O3. The number of carbonyl (C=O) groups is 1. The van der Waals surface area contributed by atoms with Gasteiger partial charge in [0, 0.05) is 19.2 Å². The molecule has 1 N–H and O–H groups in total. The highest BCUT2D eigenvalue weighted by atomic mass is 19.4. The Morgan fingerprint density at radius 3 is 2.48 bits per heavy atom. The molecule has 0 atom stereocenters. The summed E-state index contributed by atoms with van der Waals surface area (Å²) in [5.41, 5.74) is -0.521. The third-order valence-corrected chi connectivity index (χ3v) is 3.79. The third kappa shape index (κ3) is 5.35. The number of hydrogen-bond acceptors (Lipinski definition) is 4. The molecule has 27 heavy (non-hydrogen) atoms. The number of unbranched alkanes of at least 4 members (excludes halogenated alkanes) is 1. The van der Waals surface area contributed by atoms with Crippen LogP contribution in [0, 0.1) is 0 Å². The number of nitrogens with zero attached hydrogens (tertiary/aromatic N) is 3. The monoisotopic (exact) mass is 386 g/mol. The smallest absolute Gasteiger partial charge is 0.451 e. The van der Waals surface area contributed by atoms with E-state index >= 15 is 0 Å². The topological polar surface area (TPSA) is 78.2 Å². The first-order chi connectivity index (χ1) is 12.7. The van der Waals surface area contributed by atoms with Crippen molar-refractivity contribution in [2.24, 2.45) is 7.05 Å². The summed E-state index contributed by atoms with van der Waals surface area (Å²) in [6.07, 6.45) is -2.77. The predicted octanol–water partition coefficient (Wildman–Crippen LogP) is 2.21. The summed E-state index contributed by atoms with van der Waals surface area (Å²) in [5, 5.41) is 5.82. The van der Waals surface area contributed by atoms with Gasteiger partial charge in [0.2, 0.25) is 5.82 Å². The lowest BCUT2D eigenvalue weighted by molar-refractivity contribution is -0.147. The standard InChI is InChI=1S/C17H21F3N4O3/c1-3-4-11-27-13-7-5-12(6-8-13)14(25)21-9-10-24-16(26)23(2)15(22-24)17(18,19)20/h5-8H,3-4,9-11H2,1-2H3,(H,21,25). The second kappa shape index (κ2) is 8.74. The Hall–Kier alpha value is -2.78. The molecule has 10 heteroatoms. The van der Waals surface area contributed by atoms with Crippen molar-refractivity contribution in [3.05, 3.63) is 46.1 Å². The van der Waals surface area contributed by atoms with Crippen LogP contribution in [0.5, 0.6) is 5.75 Å². The van der Waals surface area contributed by atoms with Crippen LogP contribution in [-0.4, -0.2) is 33.4 Å². The van der Waals surface area contributed by atoms with E-state index in [0.717, 1.165) is 19.9 Å². The van der Waals surface area contributed by atoms with E-state index in [0.29, 0.717) is 27.2 Å². The Bertz CT molecular complexity index is 825. The second-order valence-corrected chi connectivity index (χ2v) is 5.87. The number of alkyl halides is 3. The number of hydrogen-bond donors (Lipinski definition) is 1. The number of amides is 1. The molecule has 0 fully saturated rings. The summed E-state index contributed by atoms with van der Waals surface area (Å²) in [6.45, 7) is 2.44. The SMILES string of the molecule is CCCCOc1ccc(C(=O)NCCn2nc(C(F)(F)F)n(C)c2=O)cc1. The minimum Gasteiger partial charge on any atom is -0.494 e. The zero-order chi connectivity index (χ0) is 20.0. The van der Waals surface area contributed by atoms with Crippen LogP contribution in [0.3, 0.4) is 0 Å². The normalized spacial score (nSPS) is 11.4. The Morgan fingerprint density at radius 1 is 1.26 bits per heavy atom. The highest BCUT2D eigenvalue weighted by Gasteiger charge is 2.37. The second-order valence-electron chi connectivity index (χ2n) is 5.87. The zero-order valence-corrected chi connectivity index (χ0v) is 15.0. The lowest BCUT2D eigenvalue weighted by Gasteiger charge is -2.07.